The number of nitrogens with zero attached hydrogens (tertiary/aromatic N) is 1. The van der Waals surface area contributed by atoms with Gasteiger partial charge in [0, 0.05) is 35.7 Å². The largest absolute Gasteiger partial charge is 0.352 e. The van der Waals surface area contributed by atoms with Crippen molar-refractivity contribution in [3.8, 4) is 0 Å². The summed E-state index contributed by atoms with van der Waals surface area (Å²) in [5.41, 5.74) is 14.8. The van der Waals surface area contributed by atoms with Gasteiger partial charge in [-0.3, -0.25) is 4.79 Å². The maximum absolute atomic E-state index is 12.7. The van der Waals surface area contributed by atoms with E-state index >= 15 is 0 Å². The number of fused-ring (bicyclic) bond motifs is 1. The molecule has 5 heteroatoms. The van der Waals surface area contributed by atoms with Crippen molar-refractivity contribution in [2.45, 2.75) is 88.9 Å². The molecule has 0 unspecified atom stereocenters. The number of rotatable bonds is 6. The first kappa shape index (κ1) is 20.4. The first-order valence-electron chi connectivity index (χ1n) is 11.5. The fourth-order valence-corrected chi connectivity index (χ4v) is 5.19. The number of carbonyl (C=O) groups is 1. The number of nitrogens with one attached hydrogen (secondary N) is 1. The van der Waals surface area contributed by atoms with Crippen LogP contribution in [0, 0.1) is 5.92 Å². The van der Waals surface area contributed by atoms with Crippen LogP contribution in [0.15, 0.2) is 30.5 Å². The molecule has 1 aromatic heterocycles. The Hall–Kier alpha value is -1.85. The monoisotopic (exact) mass is 396 g/mol. The zero-order valence-corrected chi connectivity index (χ0v) is 17.5. The lowest BCUT2D eigenvalue weighted by Gasteiger charge is -2.27. The second-order valence-electron chi connectivity index (χ2n) is 9.26. The van der Waals surface area contributed by atoms with Gasteiger partial charge in [0.05, 0.1) is 6.04 Å². The Balaban J connectivity index is 1.43. The highest BCUT2D eigenvalue weighted by Crippen LogP contribution is 2.29. The predicted molar refractivity (Wildman–Crippen MR) is 119 cm³/mol. The SMILES string of the molecule is NC1CCC(NC(=O)[C@@H](N)Cc2cn(CC3CCCCC3)c3ccccc23)CC1. The van der Waals surface area contributed by atoms with Crippen LogP contribution in [0.2, 0.25) is 0 Å². The molecule has 2 fully saturated rings. The second kappa shape index (κ2) is 9.31. The molecule has 2 aliphatic carbocycles. The normalized spacial score (nSPS) is 24.5. The molecule has 1 heterocycles. The fourth-order valence-electron chi connectivity index (χ4n) is 5.19. The number of hydrogen-bond acceptors (Lipinski definition) is 3. The number of amides is 1. The molecule has 0 aliphatic heterocycles. The quantitative estimate of drug-likeness (QED) is 0.699. The van der Waals surface area contributed by atoms with Gasteiger partial charge in [0.15, 0.2) is 0 Å². The molecular formula is C24H36N4O. The minimum Gasteiger partial charge on any atom is -0.352 e. The molecule has 29 heavy (non-hydrogen) atoms. The molecule has 1 atom stereocenters. The molecule has 0 bridgehead atoms. The zero-order valence-electron chi connectivity index (χ0n) is 17.5. The van der Waals surface area contributed by atoms with E-state index in [0.717, 1.165) is 38.1 Å². The van der Waals surface area contributed by atoms with Gasteiger partial charge < -0.3 is 21.4 Å². The summed E-state index contributed by atoms with van der Waals surface area (Å²) in [6, 6.07) is 8.53. The van der Waals surface area contributed by atoms with Crippen LogP contribution in [0.1, 0.15) is 63.4 Å². The van der Waals surface area contributed by atoms with Gasteiger partial charge in [-0.15, -0.1) is 0 Å². The smallest absolute Gasteiger partial charge is 0.237 e. The van der Waals surface area contributed by atoms with Gasteiger partial charge in [-0.05, 0) is 62.5 Å². The standard InChI is InChI=1S/C24H36N4O/c25-19-10-12-20(13-11-19)27-24(29)22(26)14-18-16-28(15-17-6-2-1-3-7-17)23-9-5-4-8-21(18)23/h4-5,8-9,16-17,19-20,22H,1-3,6-7,10-15,25-26H2,(H,27,29)/t19?,20?,22-/m0/s1. The van der Waals surface area contributed by atoms with E-state index in [4.69, 9.17) is 11.5 Å². The van der Waals surface area contributed by atoms with Crippen molar-refractivity contribution in [2.75, 3.05) is 0 Å². The average molecular weight is 397 g/mol. The van der Waals surface area contributed by atoms with Crippen molar-refractivity contribution in [1.82, 2.24) is 9.88 Å². The van der Waals surface area contributed by atoms with Crippen LogP contribution in [0.4, 0.5) is 0 Å². The van der Waals surface area contributed by atoms with Crippen LogP contribution in [0.25, 0.3) is 10.9 Å². The molecule has 1 amide bonds. The van der Waals surface area contributed by atoms with Crippen molar-refractivity contribution in [1.29, 1.82) is 0 Å². The molecule has 0 radical (unpaired) electrons. The van der Waals surface area contributed by atoms with E-state index in [1.807, 2.05) is 0 Å². The number of carbonyl (C=O) groups excluding carboxylic acids is 1. The molecule has 0 saturated heterocycles. The number of benzene rings is 1. The molecule has 2 aliphatic rings. The van der Waals surface area contributed by atoms with Gasteiger partial charge in [0.1, 0.15) is 0 Å². The predicted octanol–water partition coefficient (Wildman–Crippen LogP) is 3.48. The highest BCUT2D eigenvalue weighted by Gasteiger charge is 2.24. The highest BCUT2D eigenvalue weighted by molar-refractivity contribution is 5.86. The maximum Gasteiger partial charge on any atom is 0.237 e. The zero-order chi connectivity index (χ0) is 20.2. The molecular weight excluding hydrogens is 360 g/mol. The highest BCUT2D eigenvalue weighted by atomic mass is 16.2. The summed E-state index contributed by atoms with van der Waals surface area (Å²) < 4.78 is 2.40. The Morgan fingerprint density at radius 3 is 2.55 bits per heavy atom. The molecule has 5 N–H and O–H groups in total. The van der Waals surface area contributed by atoms with Crippen LogP contribution in [-0.2, 0) is 17.8 Å². The molecule has 0 spiro atoms. The summed E-state index contributed by atoms with van der Waals surface area (Å²) in [7, 11) is 0. The minimum absolute atomic E-state index is 0.0328. The van der Waals surface area contributed by atoms with Crippen molar-refractivity contribution < 1.29 is 4.79 Å². The van der Waals surface area contributed by atoms with E-state index in [2.05, 4.69) is 40.3 Å². The third kappa shape index (κ3) is 5.01. The first-order chi connectivity index (χ1) is 14.1. The molecule has 158 valence electrons. The topological polar surface area (TPSA) is 86.1 Å². The number of aromatic nitrogens is 1. The molecule has 2 saturated carbocycles. The minimum atomic E-state index is -0.514. The van der Waals surface area contributed by atoms with Gasteiger partial charge in [-0.2, -0.15) is 0 Å². The van der Waals surface area contributed by atoms with Gasteiger partial charge in [-0.25, -0.2) is 0 Å². The first-order valence-corrected chi connectivity index (χ1v) is 11.5. The van der Waals surface area contributed by atoms with Crippen LogP contribution in [0.3, 0.4) is 0 Å². The van der Waals surface area contributed by atoms with Gasteiger partial charge in [0.25, 0.3) is 0 Å². The van der Waals surface area contributed by atoms with E-state index in [-0.39, 0.29) is 18.0 Å². The average Bonchev–Trinajstić information content (AvgIpc) is 3.08. The lowest BCUT2D eigenvalue weighted by Crippen LogP contribution is -2.48. The lowest BCUT2D eigenvalue weighted by atomic mass is 9.89. The third-order valence-electron chi connectivity index (χ3n) is 6.95. The van der Waals surface area contributed by atoms with Crippen molar-refractivity contribution in [3.63, 3.8) is 0 Å². The summed E-state index contributed by atoms with van der Waals surface area (Å²) in [5.74, 6) is 0.733. The maximum atomic E-state index is 12.7. The summed E-state index contributed by atoms with van der Waals surface area (Å²) in [4.78, 5) is 12.7. The Bertz CT molecular complexity index is 815. The Kier molecular flexibility index (Phi) is 6.56. The van der Waals surface area contributed by atoms with Crippen LogP contribution < -0.4 is 16.8 Å². The van der Waals surface area contributed by atoms with Crippen molar-refractivity contribution in [2.24, 2.45) is 17.4 Å². The number of para-hydroxylation sites is 1. The van der Waals surface area contributed by atoms with Crippen molar-refractivity contribution in [3.05, 3.63) is 36.0 Å². The fraction of sp³-hybridized carbons (Fsp3) is 0.625. The van der Waals surface area contributed by atoms with E-state index < -0.39 is 6.04 Å². The second-order valence-corrected chi connectivity index (χ2v) is 9.26. The van der Waals surface area contributed by atoms with Crippen LogP contribution in [0.5, 0.6) is 0 Å². The Labute approximate surface area is 174 Å². The van der Waals surface area contributed by atoms with Crippen molar-refractivity contribution >= 4 is 16.8 Å². The van der Waals surface area contributed by atoms with E-state index in [1.165, 1.54) is 48.6 Å². The van der Waals surface area contributed by atoms with Gasteiger partial charge >= 0.3 is 0 Å². The van der Waals surface area contributed by atoms with E-state index in [1.54, 1.807) is 0 Å². The summed E-state index contributed by atoms with van der Waals surface area (Å²) in [6.45, 7) is 1.07. The van der Waals surface area contributed by atoms with Gasteiger partial charge in [-0.1, -0.05) is 37.5 Å². The van der Waals surface area contributed by atoms with Crippen LogP contribution in [-0.4, -0.2) is 28.6 Å². The van der Waals surface area contributed by atoms with E-state index in [0.29, 0.717) is 6.42 Å². The molecule has 5 nitrogen and oxygen atoms in total. The summed E-state index contributed by atoms with van der Waals surface area (Å²) in [5, 5.41) is 4.39. The summed E-state index contributed by atoms with van der Waals surface area (Å²) >= 11 is 0. The Morgan fingerprint density at radius 2 is 1.79 bits per heavy atom. The van der Waals surface area contributed by atoms with Crippen LogP contribution >= 0.6 is 0 Å². The summed E-state index contributed by atoms with van der Waals surface area (Å²) in [6.07, 6.45) is 13.4. The molecule has 2 aromatic rings. The molecule has 1 aromatic carbocycles. The van der Waals surface area contributed by atoms with E-state index in [9.17, 15) is 4.79 Å². The number of hydrogen-bond donors (Lipinski definition) is 3. The molecule has 4 rings (SSSR count). The Morgan fingerprint density at radius 1 is 1.07 bits per heavy atom. The third-order valence-corrected chi connectivity index (χ3v) is 6.95. The lowest BCUT2D eigenvalue weighted by molar-refractivity contribution is -0.123. The van der Waals surface area contributed by atoms with Gasteiger partial charge in [0.2, 0.25) is 5.91 Å². The number of nitrogens with two attached hydrogens (primary N) is 2.